The molecule has 1 fully saturated rings. The third-order valence-corrected chi connectivity index (χ3v) is 4.65. The molecule has 0 bridgehead atoms. The van der Waals surface area contributed by atoms with Crippen LogP contribution in [0.15, 0.2) is 35.0 Å². The van der Waals surface area contributed by atoms with E-state index in [1.165, 1.54) is 13.2 Å². The van der Waals surface area contributed by atoms with Gasteiger partial charge in [0.15, 0.2) is 5.82 Å². The second-order valence-corrected chi connectivity index (χ2v) is 6.25. The van der Waals surface area contributed by atoms with E-state index in [-0.39, 0.29) is 24.3 Å². The first-order valence-electron chi connectivity index (χ1n) is 8.40. The van der Waals surface area contributed by atoms with Gasteiger partial charge in [0.2, 0.25) is 5.89 Å². The Labute approximate surface area is 149 Å². The number of aromatic nitrogens is 4. The molecule has 0 N–H and O–H groups in total. The minimum absolute atomic E-state index is 0.0348. The van der Waals surface area contributed by atoms with E-state index in [9.17, 15) is 4.39 Å². The lowest BCUT2D eigenvalue weighted by Gasteiger charge is -2.15. The van der Waals surface area contributed by atoms with Gasteiger partial charge in [-0.05, 0) is 24.1 Å². The van der Waals surface area contributed by atoms with Gasteiger partial charge in [-0.3, -0.25) is 4.68 Å². The van der Waals surface area contributed by atoms with Crippen LogP contribution in [0.2, 0.25) is 0 Å². The molecule has 2 atom stereocenters. The molecule has 26 heavy (non-hydrogen) atoms. The molecule has 0 amide bonds. The summed E-state index contributed by atoms with van der Waals surface area (Å²) in [6.45, 7) is 0.616. The van der Waals surface area contributed by atoms with Crippen molar-refractivity contribution in [1.82, 2.24) is 19.9 Å². The number of hydrogen-bond donors (Lipinski definition) is 0. The summed E-state index contributed by atoms with van der Waals surface area (Å²) in [5.74, 6) is 1.04. The normalized spacial score (nSPS) is 19.8. The van der Waals surface area contributed by atoms with Crippen LogP contribution in [0.4, 0.5) is 4.39 Å². The summed E-state index contributed by atoms with van der Waals surface area (Å²) in [6.07, 6.45) is 2.60. The lowest BCUT2D eigenvalue weighted by molar-refractivity contribution is 0.0921. The molecule has 0 aliphatic carbocycles. The first-order chi connectivity index (χ1) is 12.7. The van der Waals surface area contributed by atoms with Gasteiger partial charge in [-0.2, -0.15) is 10.1 Å². The molecular formula is C18H19FN4O3. The fourth-order valence-corrected chi connectivity index (χ4v) is 3.26. The van der Waals surface area contributed by atoms with Crippen LogP contribution in [0.3, 0.4) is 0 Å². The number of hydrogen-bond acceptors (Lipinski definition) is 6. The van der Waals surface area contributed by atoms with Crippen LogP contribution in [-0.4, -0.2) is 33.6 Å². The van der Waals surface area contributed by atoms with Crippen molar-refractivity contribution in [2.24, 2.45) is 7.05 Å². The van der Waals surface area contributed by atoms with Gasteiger partial charge in [0.1, 0.15) is 17.7 Å². The number of aryl methyl sites for hydroxylation is 1. The predicted molar refractivity (Wildman–Crippen MR) is 89.3 cm³/mol. The summed E-state index contributed by atoms with van der Waals surface area (Å²) in [6, 6.07) is 6.65. The van der Waals surface area contributed by atoms with E-state index in [1.807, 2.05) is 13.1 Å². The monoisotopic (exact) mass is 358 g/mol. The highest BCUT2D eigenvalue weighted by atomic mass is 19.1. The van der Waals surface area contributed by atoms with Gasteiger partial charge >= 0.3 is 0 Å². The summed E-state index contributed by atoms with van der Waals surface area (Å²) in [5.41, 5.74) is 1.46. The molecule has 0 radical (unpaired) electrons. The molecule has 8 heteroatoms. The van der Waals surface area contributed by atoms with Gasteiger partial charge in [-0.25, -0.2) is 4.39 Å². The second kappa shape index (κ2) is 6.87. The highest BCUT2D eigenvalue weighted by Gasteiger charge is 2.36. The van der Waals surface area contributed by atoms with Gasteiger partial charge in [0.05, 0.1) is 18.7 Å². The lowest BCUT2D eigenvalue weighted by atomic mass is 9.99. The first-order valence-corrected chi connectivity index (χ1v) is 8.40. The van der Waals surface area contributed by atoms with Crippen molar-refractivity contribution >= 4 is 0 Å². The Morgan fingerprint density at radius 2 is 2.23 bits per heavy atom. The van der Waals surface area contributed by atoms with E-state index in [2.05, 4.69) is 15.2 Å². The van der Waals surface area contributed by atoms with Crippen molar-refractivity contribution in [1.29, 1.82) is 0 Å². The number of methoxy groups -OCH3 is 1. The second-order valence-electron chi connectivity index (χ2n) is 6.25. The summed E-state index contributed by atoms with van der Waals surface area (Å²) >= 11 is 0. The van der Waals surface area contributed by atoms with E-state index < -0.39 is 0 Å². The maximum atomic E-state index is 14.1. The van der Waals surface area contributed by atoms with Crippen LogP contribution >= 0.6 is 0 Å². The molecule has 1 aliphatic rings. The van der Waals surface area contributed by atoms with Crippen molar-refractivity contribution in [2.75, 3.05) is 13.7 Å². The first kappa shape index (κ1) is 16.7. The van der Waals surface area contributed by atoms with Crippen molar-refractivity contribution in [2.45, 2.75) is 24.9 Å². The van der Waals surface area contributed by atoms with Crippen LogP contribution < -0.4 is 4.74 Å². The Kier molecular flexibility index (Phi) is 4.42. The topological polar surface area (TPSA) is 75.2 Å². The SMILES string of the molecule is COc1ccc(Cc2noc([C@@H]3CCO[C@H]3c3ccnn3C)n2)c(F)c1. The molecule has 3 aromatic rings. The Morgan fingerprint density at radius 3 is 2.96 bits per heavy atom. The predicted octanol–water partition coefficient (Wildman–Crippen LogP) is 2.79. The van der Waals surface area contributed by atoms with Crippen molar-refractivity contribution < 1.29 is 18.4 Å². The number of nitrogens with zero attached hydrogens (tertiary/aromatic N) is 4. The van der Waals surface area contributed by atoms with E-state index in [0.717, 1.165) is 12.1 Å². The highest BCUT2D eigenvalue weighted by Crippen LogP contribution is 2.40. The molecule has 0 unspecified atom stereocenters. The lowest BCUT2D eigenvalue weighted by Crippen LogP contribution is -2.11. The van der Waals surface area contributed by atoms with Gasteiger partial charge in [-0.15, -0.1) is 0 Å². The zero-order chi connectivity index (χ0) is 18.1. The third-order valence-electron chi connectivity index (χ3n) is 4.65. The average molecular weight is 358 g/mol. The molecule has 0 saturated carbocycles. The van der Waals surface area contributed by atoms with Gasteiger partial charge in [-0.1, -0.05) is 11.2 Å². The molecule has 1 aromatic carbocycles. The molecule has 1 aliphatic heterocycles. The maximum absolute atomic E-state index is 14.1. The van der Waals surface area contributed by atoms with Gasteiger partial charge < -0.3 is 14.0 Å². The smallest absolute Gasteiger partial charge is 0.232 e. The fraction of sp³-hybridized carbons (Fsp3) is 0.389. The van der Waals surface area contributed by atoms with Crippen LogP contribution in [0.1, 0.15) is 41.4 Å². The van der Waals surface area contributed by atoms with E-state index in [0.29, 0.717) is 29.6 Å². The standard InChI is InChI=1S/C18H19FN4O3/c1-23-15(5-7-20-23)17-13(6-8-25-17)18-21-16(22-26-18)9-11-3-4-12(24-2)10-14(11)19/h3-5,7,10,13,17H,6,8-9H2,1-2H3/t13-,17-/m1/s1. The zero-order valence-electron chi connectivity index (χ0n) is 14.6. The number of halogens is 1. The molecule has 136 valence electrons. The van der Waals surface area contributed by atoms with Crippen molar-refractivity contribution in [3.05, 3.63) is 59.3 Å². The number of benzene rings is 1. The summed E-state index contributed by atoms with van der Waals surface area (Å²) < 4.78 is 32.2. The Bertz CT molecular complexity index is 907. The summed E-state index contributed by atoms with van der Waals surface area (Å²) in [4.78, 5) is 4.48. The van der Waals surface area contributed by atoms with Crippen LogP contribution in [0.5, 0.6) is 5.75 Å². The van der Waals surface area contributed by atoms with Crippen molar-refractivity contribution in [3.63, 3.8) is 0 Å². The molecule has 7 nitrogen and oxygen atoms in total. The Morgan fingerprint density at radius 1 is 1.35 bits per heavy atom. The molecular weight excluding hydrogens is 339 g/mol. The van der Waals surface area contributed by atoms with Gasteiger partial charge in [0.25, 0.3) is 0 Å². The average Bonchev–Trinajstić information content (AvgIpc) is 3.36. The molecule has 1 saturated heterocycles. The largest absolute Gasteiger partial charge is 0.497 e. The van der Waals surface area contributed by atoms with E-state index in [1.54, 1.807) is 23.0 Å². The number of ether oxygens (including phenoxy) is 2. The number of rotatable bonds is 5. The van der Waals surface area contributed by atoms with E-state index in [4.69, 9.17) is 14.0 Å². The summed E-state index contributed by atoms with van der Waals surface area (Å²) in [7, 11) is 3.38. The van der Waals surface area contributed by atoms with Crippen LogP contribution in [0.25, 0.3) is 0 Å². The van der Waals surface area contributed by atoms with Crippen molar-refractivity contribution in [3.8, 4) is 5.75 Å². The minimum atomic E-state index is -0.354. The van der Waals surface area contributed by atoms with Crippen LogP contribution in [-0.2, 0) is 18.2 Å². The molecule has 0 spiro atoms. The molecule has 3 heterocycles. The highest BCUT2D eigenvalue weighted by molar-refractivity contribution is 5.30. The zero-order valence-corrected chi connectivity index (χ0v) is 14.6. The minimum Gasteiger partial charge on any atom is -0.497 e. The Balaban J connectivity index is 1.53. The van der Waals surface area contributed by atoms with Gasteiger partial charge in [0, 0.05) is 32.3 Å². The Hall–Kier alpha value is -2.74. The third kappa shape index (κ3) is 3.08. The molecule has 2 aromatic heterocycles. The fourth-order valence-electron chi connectivity index (χ4n) is 3.26. The quantitative estimate of drug-likeness (QED) is 0.698. The van der Waals surface area contributed by atoms with E-state index >= 15 is 0 Å². The summed E-state index contributed by atoms with van der Waals surface area (Å²) in [5, 5.41) is 8.21. The molecule has 4 rings (SSSR count). The van der Waals surface area contributed by atoms with Crippen LogP contribution in [0, 0.1) is 5.82 Å². The maximum Gasteiger partial charge on any atom is 0.232 e.